The molecule has 0 aliphatic carbocycles. The molecule has 0 unspecified atom stereocenters. The Kier molecular flexibility index (Phi) is 3.57. The second kappa shape index (κ2) is 4.98. The Balaban J connectivity index is 2.35. The lowest BCUT2D eigenvalue weighted by Crippen LogP contribution is -2.25. The van der Waals surface area contributed by atoms with Crippen molar-refractivity contribution in [2.75, 3.05) is 0 Å². The zero-order chi connectivity index (χ0) is 13.3. The molecule has 0 fully saturated rings. The molecule has 18 heavy (non-hydrogen) atoms. The van der Waals surface area contributed by atoms with Crippen molar-refractivity contribution in [2.45, 2.75) is 26.4 Å². The highest BCUT2D eigenvalue weighted by Gasteiger charge is 2.09. The maximum absolute atomic E-state index is 13.6. The Morgan fingerprint density at radius 3 is 2.67 bits per heavy atom. The molecule has 0 radical (unpaired) electrons. The number of rotatable bonds is 3. The van der Waals surface area contributed by atoms with Crippen LogP contribution in [0.2, 0.25) is 5.02 Å². The fraction of sp³-hybridized carbons (Fsp3) is 0.308. The third kappa shape index (κ3) is 2.48. The number of hydrogen-bond acceptors (Lipinski definition) is 1. The fourth-order valence-corrected chi connectivity index (χ4v) is 1.98. The van der Waals surface area contributed by atoms with Gasteiger partial charge in [0.2, 0.25) is 0 Å². The molecule has 0 atom stereocenters. The summed E-state index contributed by atoms with van der Waals surface area (Å²) in [5.41, 5.74) is 0.260. The summed E-state index contributed by atoms with van der Waals surface area (Å²) in [6.45, 7) is 4.03. The summed E-state index contributed by atoms with van der Waals surface area (Å²) in [5, 5.41) is 0.461. The molecular formula is C13H14ClFN2O. The van der Waals surface area contributed by atoms with Gasteiger partial charge in [-0.1, -0.05) is 11.6 Å². The molecular weight excluding hydrogens is 255 g/mol. The first-order chi connectivity index (χ1) is 8.49. The molecule has 1 aromatic heterocycles. The van der Waals surface area contributed by atoms with E-state index in [0.29, 0.717) is 10.6 Å². The van der Waals surface area contributed by atoms with Crippen LogP contribution in [0, 0.1) is 5.82 Å². The number of halogens is 2. The molecule has 0 amide bonds. The van der Waals surface area contributed by atoms with Gasteiger partial charge in [-0.3, -0.25) is 9.13 Å². The minimum atomic E-state index is -0.358. The summed E-state index contributed by atoms with van der Waals surface area (Å²) >= 11 is 5.82. The third-order valence-electron chi connectivity index (χ3n) is 2.78. The van der Waals surface area contributed by atoms with Crippen LogP contribution in [-0.2, 0) is 6.54 Å². The quantitative estimate of drug-likeness (QED) is 0.840. The molecule has 0 saturated heterocycles. The predicted molar refractivity (Wildman–Crippen MR) is 69.6 cm³/mol. The van der Waals surface area contributed by atoms with Crippen LogP contribution in [0.1, 0.15) is 25.5 Å². The number of benzene rings is 1. The third-order valence-corrected chi connectivity index (χ3v) is 3.01. The van der Waals surface area contributed by atoms with Gasteiger partial charge in [-0.05, 0) is 32.0 Å². The largest absolute Gasteiger partial charge is 0.328 e. The lowest BCUT2D eigenvalue weighted by atomic mass is 10.2. The van der Waals surface area contributed by atoms with E-state index < -0.39 is 0 Å². The first kappa shape index (κ1) is 12.9. The molecule has 0 N–H and O–H groups in total. The van der Waals surface area contributed by atoms with E-state index in [1.807, 2.05) is 13.8 Å². The predicted octanol–water partition coefficient (Wildman–Crippen LogP) is 3.07. The van der Waals surface area contributed by atoms with Gasteiger partial charge < -0.3 is 0 Å². The number of imidazole rings is 1. The van der Waals surface area contributed by atoms with Crippen LogP contribution in [0.25, 0.3) is 0 Å². The van der Waals surface area contributed by atoms with Crippen molar-refractivity contribution in [3.8, 4) is 0 Å². The van der Waals surface area contributed by atoms with Crippen LogP contribution >= 0.6 is 11.6 Å². The number of hydrogen-bond donors (Lipinski definition) is 0. The Morgan fingerprint density at radius 1 is 1.33 bits per heavy atom. The van der Waals surface area contributed by atoms with Crippen molar-refractivity contribution in [1.29, 1.82) is 0 Å². The van der Waals surface area contributed by atoms with Crippen molar-refractivity contribution in [2.24, 2.45) is 0 Å². The smallest absolute Gasteiger partial charge is 0.297 e. The first-order valence-electron chi connectivity index (χ1n) is 5.70. The Hall–Kier alpha value is -1.55. The summed E-state index contributed by atoms with van der Waals surface area (Å²) in [5.74, 6) is -0.358. The second-order valence-electron chi connectivity index (χ2n) is 4.45. The van der Waals surface area contributed by atoms with E-state index in [1.165, 1.54) is 22.8 Å². The van der Waals surface area contributed by atoms with E-state index >= 15 is 0 Å². The maximum atomic E-state index is 13.6. The van der Waals surface area contributed by atoms with Gasteiger partial charge in [-0.2, -0.15) is 0 Å². The standard InChI is InChI=1S/C13H14ClFN2O/c1-9(2)17-6-5-16(13(17)18)8-10-7-11(14)3-4-12(10)15/h3-7,9H,8H2,1-2H3. The summed E-state index contributed by atoms with van der Waals surface area (Å²) in [4.78, 5) is 12.0. The highest BCUT2D eigenvalue weighted by atomic mass is 35.5. The Morgan fingerprint density at radius 2 is 2.06 bits per heavy atom. The van der Waals surface area contributed by atoms with Gasteiger partial charge in [-0.15, -0.1) is 0 Å². The molecule has 2 rings (SSSR count). The van der Waals surface area contributed by atoms with E-state index in [4.69, 9.17) is 11.6 Å². The molecule has 2 aromatic rings. The van der Waals surface area contributed by atoms with Crippen LogP contribution in [0.3, 0.4) is 0 Å². The average Bonchev–Trinajstić information content (AvgIpc) is 2.66. The van der Waals surface area contributed by atoms with Crippen molar-refractivity contribution >= 4 is 11.6 Å². The van der Waals surface area contributed by atoms with Gasteiger partial charge in [0.05, 0.1) is 6.54 Å². The SMILES string of the molecule is CC(C)n1ccn(Cc2cc(Cl)ccc2F)c1=O. The van der Waals surface area contributed by atoms with E-state index in [2.05, 4.69) is 0 Å². The molecule has 0 saturated carbocycles. The Bertz CT molecular complexity index is 616. The lowest BCUT2D eigenvalue weighted by Gasteiger charge is -2.06. The number of aromatic nitrogens is 2. The molecule has 0 aliphatic rings. The normalized spacial score (nSPS) is 11.2. The summed E-state index contributed by atoms with van der Waals surface area (Å²) < 4.78 is 16.6. The lowest BCUT2D eigenvalue weighted by molar-refractivity contribution is 0.553. The van der Waals surface area contributed by atoms with Crippen LogP contribution in [0.4, 0.5) is 4.39 Å². The topological polar surface area (TPSA) is 26.9 Å². The highest BCUT2D eigenvalue weighted by Crippen LogP contribution is 2.15. The molecule has 3 nitrogen and oxygen atoms in total. The van der Waals surface area contributed by atoms with Crippen LogP contribution in [0.15, 0.2) is 35.4 Å². The summed E-state index contributed by atoms with van der Waals surface area (Å²) in [7, 11) is 0. The molecule has 5 heteroatoms. The minimum Gasteiger partial charge on any atom is -0.297 e. The van der Waals surface area contributed by atoms with Crippen molar-refractivity contribution in [3.05, 3.63) is 57.5 Å². The maximum Gasteiger partial charge on any atom is 0.328 e. The number of nitrogens with zero attached hydrogens (tertiary/aromatic N) is 2. The van der Waals surface area contributed by atoms with Crippen LogP contribution < -0.4 is 5.69 Å². The first-order valence-corrected chi connectivity index (χ1v) is 6.08. The second-order valence-corrected chi connectivity index (χ2v) is 4.88. The van der Waals surface area contributed by atoms with Gasteiger partial charge in [0.25, 0.3) is 0 Å². The van der Waals surface area contributed by atoms with E-state index in [9.17, 15) is 9.18 Å². The van der Waals surface area contributed by atoms with Crippen molar-refractivity contribution in [1.82, 2.24) is 9.13 Å². The fourth-order valence-electron chi connectivity index (χ4n) is 1.79. The average molecular weight is 269 g/mol. The molecule has 1 aromatic carbocycles. The zero-order valence-corrected chi connectivity index (χ0v) is 11.0. The van der Waals surface area contributed by atoms with Gasteiger partial charge >= 0.3 is 5.69 Å². The van der Waals surface area contributed by atoms with Crippen LogP contribution in [0.5, 0.6) is 0 Å². The summed E-state index contributed by atoms with van der Waals surface area (Å²) in [6, 6.07) is 4.42. The summed E-state index contributed by atoms with van der Waals surface area (Å²) in [6.07, 6.45) is 3.36. The molecule has 0 spiro atoms. The van der Waals surface area contributed by atoms with Crippen LogP contribution in [-0.4, -0.2) is 9.13 Å². The zero-order valence-electron chi connectivity index (χ0n) is 10.2. The van der Waals surface area contributed by atoms with E-state index in [1.54, 1.807) is 17.0 Å². The Labute approximate surface area is 109 Å². The monoisotopic (exact) mass is 268 g/mol. The van der Waals surface area contributed by atoms with Gasteiger partial charge in [0.1, 0.15) is 5.82 Å². The molecule has 1 heterocycles. The minimum absolute atomic E-state index is 0.0861. The van der Waals surface area contributed by atoms with Gasteiger partial charge in [-0.25, -0.2) is 9.18 Å². The van der Waals surface area contributed by atoms with Crippen molar-refractivity contribution < 1.29 is 4.39 Å². The molecule has 96 valence electrons. The van der Waals surface area contributed by atoms with Crippen molar-refractivity contribution in [3.63, 3.8) is 0 Å². The molecule has 0 bridgehead atoms. The van der Waals surface area contributed by atoms with Gasteiger partial charge in [0.15, 0.2) is 0 Å². The molecule has 0 aliphatic heterocycles. The highest BCUT2D eigenvalue weighted by molar-refractivity contribution is 6.30. The van der Waals surface area contributed by atoms with Gasteiger partial charge in [0, 0.05) is 29.0 Å². The van der Waals surface area contributed by atoms with E-state index in [0.717, 1.165) is 0 Å². The van der Waals surface area contributed by atoms with E-state index in [-0.39, 0.29) is 24.1 Å².